The van der Waals surface area contributed by atoms with Gasteiger partial charge in [0.15, 0.2) is 5.75 Å². The van der Waals surface area contributed by atoms with Crippen LogP contribution in [-0.2, 0) is 11.9 Å². The van der Waals surface area contributed by atoms with E-state index in [1.807, 2.05) is 30.5 Å². The van der Waals surface area contributed by atoms with E-state index in [4.69, 9.17) is 16.3 Å². The van der Waals surface area contributed by atoms with Crippen molar-refractivity contribution < 1.29 is 4.74 Å². The third-order valence-corrected chi connectivity index (χ3v) is 7.67. The molecule has 0 spiro atoms. The molecule has 0 fully saturated rings. The Hall–Kier alpha value is -1.26. The Morgan fingerprint density at radius 1 is 0.778 bits per heavy atom. The van der Waals surface area contributed by atoms with Crippen LogP contribution in [0.25, 0.3) is 0 Å². The molecule has 1 heterocycles. The predicted molar refractivity (Wildman–Crippen MR) is 159 cm³/mol. The molecule has 0 N–H and O–H groups in total. The molecular weight excluding hydrogens is 534 g/mol. The van der Waals surface area contributed by atoms with Gasteiger partial charge in [0, 0.05) is 28.7 Å². The van der Waals surface area contributed by atoms with Crippen LogP contribution < -0.4 is 10.2 Å². The van der Waals surface area contributed by atoms with Gasteiger partial charge in [-0.3, -0.25) is 4.79 Å². The normalized spacial score (nSPS) is 11.2. The Bertz CT molecular complexity index is 881. The summed E-state index contributed by atoms with van der Waals surface area (Å²) in [5, 5.41) is 1.34. The molecule has 0 unspecified atom stereocenters. The third kappa shape index (κ3) is 13.3. The zero-order valence-electron chi connectivity index (χ0n) is 22.4. The first-order chi connectivity index (χ1) is 17.6. The van der Waals surface area contributed by atoms with Gasteiger partial charge in [-0.2, -0.15) is 0 Å². The molecule has 2 rings (SSSR count). The summed E-state index contributed by atoms with van der Waals surface area (Å²) < 4.78 is 7.95. The van der Waals surface area contributed by atoms with Crippen molar-refractivity contribution in [2.75, 3.05) is 6.61 Å². The average Bonchev–Trinajstić information content (AvgIpc) is 2.88. The molecule has 2 aromatic rings. The minimum absolute atomic E-state index is 0.0479. The highest BCUT2D eigenvalue weighted by atomic mass is 79.9. The lowest BCUT2D eigenvalue weighted by molar-refractivity contribution is 0.298. The van der Waals surface area contributed by atoms with E-state index in [1.165, 1.54) is 89.9 Å². The second kappa shape index (κ2) is 19.8. The second-order valence-corrected chi connectivity index (χ2v) is 11.0. The van der Waals surface area contributed by atoms with Crippen molar-refractivity contribution in [3.63, 3.8) is 0 Å². The first-order valence-electron chi connectivity index (χ1n) is 14.3. The number of alkyl halides is 1. The summed E-state index contributed by atoms with van der Waals surface area (Å²) >= 11 is 9.50. The molecule has 0 atom stereocenters. The van der Waals surface area contributed by atoms with Gasteiger partial charge < -0.3 is 9.30 Å². The molecule has 0 aliphatic rings. The van der Waals surface area contributed by atoms with Crippen molar-refractivity contribution in [1.82, 2.24) is 4.57 Å². The van der Waals surface area contributed by atoms with Gasteiger partial charge >= 0.3 is 0 Å². The van der Waals surface area contributed by atoms with Crippen LogP contribution in [0.15, 0.2) is 41.3 Å². The zero-order valence-corrected chi connectivity index (χ0v) is 24.8. The van der Waals surface area contributed by atoms with Crippen LogP contribution in [-0.4, -0.2) is 11.2 Å². The summed E-state index contributed by atoms with van der Waals surface area (Å²) in [4.78, 5) is 12.5. The number of aromatic nitrogens is 1. The third-order valence-electron chi connectivity index (χ3n) is 6.84. The van der Waals surface area contributed by atoms with Gasteiger partial charge in [-0.25, -0.2) is 0 Å². The minimum Gasteiger partial charge on any atom is -0.488 e. The largest absolute Gasteiger partial charge is 0.488 e. The Morgan fingerprint density at radius 2 is 1.28 bits per heavy atom. The van der Waals surface area contributed by atoms with E-state index in [0.29, 0.717) is 24.2 Å². The van der Waals surface area contributed by atoms with Crippen molar-refractivity contribution in [3.8, 4) is 5.75 Å². The van der Waals surface area contributed by atoms with Crippen molar-refractivity contribution in [3.05, 3.63) is 63.0 Å². The van der Waals surface area contributed by atoms with Crippen molar-refractivity contribution in [2.45, 2.75) is 122 Å². The molecule has 202 valence electrons. The predicted octanol–water partition coefficient (Wildman–Crippen LogP) is 10.1. The molecule has 1 aromatic carbocycles. The van der Waals surface area contributed by atoms with Crippen LogP contribution in [0.2, 0.25) is 5.02 Å². The fourth-order valence-electron chi connectivity index (χ4n) is 4.58. The number of halogens is 2. The summed E-state index contributed by atoms with van der Waals surface area (Å²) in [5.74, 6) is 0.439. The molecule has 3 nitrogen and oxygen atoms in total. The minimum atomic E-state index is -0.0479. The van der Waals surface area contributed by atoms with Gasteiger partial charge in [0.25, 0.3) is 0 Å². The summed E-state index contributed by atoms with van der Waals surface area (Å²) in [6.45, 7) is 3.56. The lowest BCUT2D eigenvalue weighted by Gasteiger charge is -2.14. The van der Waals surface area contributed by atoms with Crippen LogP contribution in [0.1, 0.15) is 121 Å². The molecule has 0 saturated heterocycles. The highest BCUT2D eigenvalue weighted by molar-refractivity contribution is 9.08. The Balaban J connectivity index is 1.54. The van der Waals surface area contributed by atoms with E-state index in [9.17, 15) is 4.79 Å². The topological polar surface area (TPSA) is 31.2 Å². The number of hydrogen-bond donors (Lipinski definition) is 0. The molecule has 0 radical (unpaired) electrons. The van der Waals surface area contributed by atoms with Gasteiger partial charge in [-0.15, -0.1) is 0 Å². The van der Waals surface area contributed by atoms with Crippen LogP contribution in [0.3, 0.4) is 0 Å². The first-order valence-corrected chi connectivity index (χ1v) is 15.8. The van der Waals surface area contributed by atoms with Crippen LogP contribution in [0.4, 0.5) is 0 Å². The van der Waals surface area contributed by atoms with Crippen LogP contribution >= 0.6 is 27.5 Å². The second-order valence-electron chi connectivity index (χ2n) is 10.0. The molecule has 0 amide bonds. The molecule has 0 aliphatic heterocycles. The number of pyridine rings is 1. The summed E-state index contributed by atoms with van der Waals surface area (Å²) in [7, 11) is 0. The first kappa shape index (κ1) is 31.0. The lowest BCUT2D eigenvalue weighted by Crippen LogP contribution is -2.16. The Morgan fingerprint density at radius 3 is 1.78 bits per heavy atom. The maximum atomic E-state index is 12.5. The van der Waals surface area contributed by atoms with E-state index >= 15 is 0 Å². The van der Waals surface area contributed by atoms with Gasteiger partial charge in [0.1, 0.15) is 0 Å². The zero-order chi connectivity index (χ0) is 25.8. The number of ether oxygens (including phenoxy) is 1. The molecule has 0 saturated carbocycles. The molecular formula is C31H47BrClNO2. The van der Waals surface area contributed by atoms with Gasteiger partial charge in [-0.1, -0.05) is 143 Å². The van der Waals surface area contributed by atoms with E-state index in [0.717, 1.165) is 29.1 Å². The molecule has 36 heavy (non-hydrogen) atoms. The van der Waals surface area contributed by atoms with Gasteiger partial charge in [0.2, 0.25) is 5.43 Å². The molecule has 0 aliphatic carbocycles. The Labute approximate surface area is 233 Å². The highest BCUT2D eigenvalue weighted by Crippen LogP contribution is 2.17. The van der Waals surface area contributed by atoms with E-state index in [2.05, 4.69) is 27.4 Å². The van der Waals surface area contributed by atoms with Gasteiger partial charge in [0.05, 0.1) is 12.8 Å². The molecule has 1 aromatic heterocycles. The monoisotopic (exact) mass is 579 g/mol. The quantitative estimate of drug-likeness (QED) is 0.109. The maximum Gasteiger partial charge on any atom is 0.223 e. The standard InChI is InChI=1S/C31H47BrClNO2/c1-2-3-4-5-6-7-8-9-10-11-12-13-14-15-16-17-22-36-31-26-34(29(24-32)23-30(31)35)25-27-18-20-28(33)21-19-27/h18-21,23,26H,2-17,22,24-25H2,1H3. The fraction of sp³-hybridized carbons (Fsp3) is 0.645. The van der Waals surface area contributed by atoms with E-state index in [1.54, 1.807) is 6.07 Å². The smallest absolute Gasteiger partial charge is 0.223 e. The van der Waals surface area contributed by atoms with E-state index in [-0.39, 0.29) is 5.43 Å². The van der Waals surface area contributed by atoms with Crippen molar-refractivity contribution in [1.29, 1.82) is 0 Å². The lowest BCUT2D eigenvalue weighted by atomic mass is 10.0. The average molecular weight is 581 g/mol. The SMILES string of the molecule is CCCCCCCCCCCCCCCCCCOc1cn(Cc2ccc(Cl)cc2)c(CBr)cc1=O. The number of benzene rings is 1. The maximum absolute atomic E-state index is 12.5. The van der Waals surface area contributed by atoms with Crippen molar-refractivity contribution >= 4 is 27.5 Å². The number of hydrogen-bond acceptors (Lipinski definition) is 2. The number of rotatable bonds is 21. The van der Waals surface area contributed by atoms with Crippen LogP contribution in [0.5, 0.6) is 5.75 Å². The molecule has 0 bridgehead atoms. The van der Waals surface area contributed by atoms with E-state index < -0.39 is 0 Å². The number of nitrogens with zero attached hydrogens (tertiary/aromatic N) is 1. The summed E-state index contributed by atoms with van der Waals surface area (Å²) in [5.41, 5.74) is 2.02. The summed E-state index contributed by atoms with van der Waals surface area (Å²) in [6, 6.07) is 9.47. The summed E-state index contributed by atoms with van der Waals surface area (Å²) in [6.07, 6.45) is 23.4. The van der Waals surface area contributed by atoms with Crippen molar-refractivity contribution in [2.24, 2.45) is 0 Å². The highest BCUT2D eigenvalue weighted by Gasteiger charge is 2.08. The fourth-order valence-corrected chi connectivity index (χ4v) is 5.19. The van der Waals surface area contributed by atoms with Gasteiger partial charge in [-0.05, 0) is 24.1 Å². The van der Waals surface area contributed by atoms with Crippen LogP contribution in [0, 0.1) is 0 Å². The molecule has 5 heteroatoms. The number of unbranched alkanes of at least 4 members (excludes halogenated alkanes) is 15. The Kier molecular flexibility index (Phi) is 17.0.